The zero-order chi connectivity index (χ0) is 16.6. The van der Waals surface area contributed by atoms with Crippen molar-refractivity contribution in [1.29, 1.82) is 0 Å². The molecule has 0 aromatic carbocycles. The predicted octanol–water partition coefficient (Wildman–Crippen LogP) is 4.03. The van der Waals surface area contributed by atoms with E-state index < -0.39 is 0 Å². The molecule has 22 heavy (non-hydrogen) atoms. The second kappa shape index (κ2) is 9.24. The van der Waals surface area contributed by atoms with Crippen LogP contribution in [0.25, 0.3) is 0 Å². The van der Waals surface area contributed by atoms with Crippen LogP contribution in [0.3, 0.4) is 0 Å². The van der Waals surface area contributed by atoms with Crippen molar-refractivity contribution in [2.24, 2.45) is 5.41 Å². The van der Waals surface area contributed by atoms with Crippen molar-refractivity contribution in [3.63, 3.8) is 0 Å². The van der Waals surface area contributed by atoms with Gasteiger partial charge in [-0.25, -0.2) is 0 Å². The summed E-state index contributed by atoms with van der Waals surface area (Å²) in [5.74, 6) is 0. The molecule has 0 aliphatic carbocycles. The van der Waals surface area contributed by atoms with Gasteiger partial charge in [0, 0.05) is 33.3 Å². The molecule has 1 heterocycles. The average Bonchev–Trinajstić information content (AvgIpc) is 2.44. The third-order valence-electron chi connectivity index (χ3n) is 4.92. The van der Waals surface area contributed by atoms with Gasteiger partial charge in [0.15, 0.2) is 0 Å². The van der Waals surface area contributed by atoms with Gasteiger partial charge in [-0.15, -0.1) is 0 Å². The van der Waals surface area contributed by atoms with Crippen LogP contribution in [0, 0.1) is 5.41 Å². The molecule has 3 nitrogen and oxygen atoms in total. The van der Waals surface area contributed by atoms with Gasteiger partial charge in [0.25, 0.3) is 0 Å². The summed E-state index contributed by atoms with van der Waals surface area (Å²) in [7, 11) is 1.82. The molecule has 0 amide bonds. The van der Waals surface area contributed by atoms with Crippen molar-refractivity contribution in [3.05, 3.63) is 0 Å². The molecule has 0 saturated carbocycles. The summed E-state index contributed by atoms with van der Waals surface area (Å²) in [6.07, 6.45) is 6.47. The standard InChI is InChI=1S/C19H40N2O/c1-18(2,3)10-7-8-12-20-14-16-21(17-15-20)13-9-11-19(4,5)22-6/h7-17H2,1-6H3. The molecule has 0 N–H and O–H groups in total. The Morgan fingerprint density at radius 3 is 1.68 bits per heavy atom. The minimum absolute atomic E-state index is 0.0366. The van der Waals surface area contributed by atoms with Crippen molar-refractivity contribution in [1.82, 2.24) is 9.80 Å². The summed E-state index contributed by atoms with van der Waals surface area (Å²) in [6.45, 7) is 18.9. The van der Waals surface area contributed by atoms with E-state index in [0.717, 1.165) is 6.42 Å². The Kier molecular flexibility index (Phi) is 8.37. The second-order valence-corrected chi connectivity index (χ2v) is 8.77. The van der Waals surface area contributed by atoms with Gasteiger partial charge in [-0.2, -0.15) is 0 Å². The number of methoxy groups -OCH3 is 1. The second-order valence-electron chi connectivity index (χ2n) is 8.77. The molecular formula is C19H40N2O. The fourth-order valence-electron chi connectivity index (χ4n) is 3.06. The third-order valence-corrected chi connectivity index (χ3v) is 4.92. The SMILES string of the molecule is COC(C)(C)CCCN1CCN(CCCCC(C)(C)C)CC1. The molecule has 1 rings (SSSR count). The average molecular weight is 313 g/mol. The number of hydrogen-bond donors (Lipinski definition) is 0. The quantitative estimate of drug-likeness (QED) is 0.598. The number of ether oxygens (including phenoxy) is 1. The number of nitrogens with zero attached hydrogens (tertiary/aromatic N) is 2. The van der Waals surface area contributed by atoms with E-state index >= 15 is 0 Å². The van der Waals surface area contributed by atoms with Crippen molar-refractivity contribution in [2.75, 3.05) is 46.4 Å². The van der Waals surface area contributed by atoms with Crippen LogP contribution in [0.5, 0.6) is 0 Å². The highest BCUT2D eigenvalue weighted by Gasteiger charge is 2.19. The Hall–Kier alpha value is -0.120. The van der Waals surface area contributed by atoms with Crippen LogP contribution in [0.1, 0.15) is 66.7 Å². The zero-order valence-electron chi connectivity index (χ0n) is 16.1. The van der Waals surface area contributed by atoms with E-state index in [9.17, 15) is 0 Å². The highest BCUT2D eigenvalue weighted by molar-refractivity contribution is 4.74. The van der Waals surface area contributed by atoms with Crippen LogP contribution in [0.15, 0.2) is 0 Å². The van der Waals surface area contributed by atoms with E-state index in [-0.39, 0.29) is 5.60 Å². The smallest absolute Gasteiger partial charge is 0.0623 e. The molecular weight excluding hydrogens is 272 g/mol. The number of rotatable bonds is 9. The van der Waals surface area contributed by atoms with Gasteiger partial charge >= 0.3 is 0 Å². The molecule has 1 aliphatic heterocycles. The van der Waals surface area contributed by atoms with E-state index in [1.165, 1.54) is 65.0 Å². The normalized spacial score (nSPS) is 18.8. The van der Waals surface area contributed by atoms with Crippen LogP contribution >= 0.6 is 0 Å². The summed E-state index contributed by atoms with van der Waals surface area (Å²) >= 11 is 0. The predicted molar refractivity (Wildman–Crippen MR) is 96.5 cm³/mol. The molecule has 0 aromatic heterocycles. The van der Waals surface area contributed by atoms with Gasteiger partial charge in [-0.1, -0.05) is 27.2 Å². The van der Waals surface area contributed by atoms with Gasteiger partial charge < -0.3 is 14.5 Å². The lowest BCUT2D eigenvalue weighted by molar-refractivity contribution is 0.0106. The van der Waals surface area contributed by atoms with Crippen LogP contribution in [0.4, 0.5) is 0 Å². The molecule has 0 bridgehead atoms. The maximum Gasteiger partial charge on any atom is 0.0623 e. The number of piperazine rings is 1. The summed E-state index contributed by atoms with van der Waals surface area (Å²) in [5, 5.41) is 0. The lowest BCUT2D eigenvalue weighted by atomic mass is 9.90. The number of hydrogen-bond acceptors (Lipinski definition) is 3. The summed E-state index contributed by atoms with van der Waals surface area (Å²) in [5.41, 5.74) is 0.531. The van der Waals surface area contributed by atoms with Crippen molar-refractivity contribution < 1.29 is 4.74 Å². The van der Waals surface area contributed by atoms with Crippen molar-refractivity contribution >= 4 is 0 Å². The van der Waals surface area contributed by atoms with E-state index in [4.69, 9.17) is 4.74 Å². The molecule has 0 atom stereocenters. The lowest BCUT2D eigenvalue weighted by Crippen LogP contribution is -2.46. The van der Waals surface area contributed by atoms with Gasteiger partial charge in [-0.05, 0) is 58.0 Å². The molecule has 132 valence electrons. The summed E-state index contributed by atoms with van der Waals surface area (Å²) < 4.78 is 5.50. The van der Waals surface area contributed by atoms with E-state index in [1.54, 1.807) is 0 Å². The fourth-order valence-corrected chi connectivity index (χ4v) is 3.06. The molecule has 0 unspecified atom stereocenters. The Balaban J connectivity index is 2.06. The molecule has 3 heteroatoms. The minimum atomic E-state index is 0.0366. The summed E-state index contributed by atoms with van der Waals surface area (Å²) in [6, 6.07) is 0. The maximum absolute atomic E-state index is 5.50. The van der Waals surface area contributed by atoms with Crippen molar-refractivity contribution in [2.45, 2.75) is 72.3 Å². The minimum Gasteiger partial charge on any atom is -0.379 e. The molecule has 0 radical (unpaired) electrons. The lowest BCUT2D eigenvalue weighted by Gasteiger charge is -2.35. The maximum atomic E-state index is 5.50. The molecule has 0 spiro atoms. The van der Waals surface area contributed by atoms with E-state index in [2.05, 4.69) is 44.4 Å². The van der Waals surface area contributed by atoms with Crippen LogP contribution in [-0.4, -0.2) is 61.8 Å². The van der Waals surface area contributed by atoms with E-state index in [0.29, 0.717) is 5.41 Å². The van der Waals surface area contributed by atoms with Crippen LogP contribution < -0.4 is 0 Å². The van der Waals surface area contributed by atoms with Gasteiger partial charge in [0.2, 0.25) is 0 Å². The first kappa shape index (κ1) is 19.9. The Labute approximate surface area is 139 Å². The van der Waals surface area contributed by atoms with E-state index in [1.807, 2.05) is 7.11 Å². The first-order valence-electron chi connectivity index (χ1n) is 9.22. The molecule has 1 fully saturated rings. The van der Waals surface area contributed by atoms with Gasteiger partial charge in [0.05, 0.1) is 5.60 Å². The number of unbranched alkanes of at least 4 members (excludes halogenated alkanes) is 1. The monoisotopic (exact) mass is 312 g/mol. The van der Waals surface area contributed by atoms with Crippen LogP contribution in [-0.2, 0) is 4.74 Å². The fraction of sp³-hybridized carbons (Fsp3) is 1.00. The first-order chi connectivity index (χ1) is 10.2. The Morgan fingerprint density at radius 1 is 0.727 bits per heavy atom. The highest BCUT2D eigenvalue weighted by Crippen LogP contribution is 2.21. The largest absolute Gasteiger partial charge is 0.379 e. The molecule has 0 aromatic rings. The van der Waals surface area contributed by atoms with Gasteiger partial charge in [0.1, 0.15) is 0 Å². The zero-order valence-corrected chi connectivity index (χ0v) is 16.1. The molecule has 1 aliphatic rings. The van der Waals surface area contributed by atoms with Crippen LogP contribution in [0.2, 0.25) is 0 Å². The topological polar surface area (TPSA) is 15.7 Å². The Morgan fingerprint density at radius 2 is 1.23 bits per heavy atom. The molecule has 1 saturated heterocycles. The van der Waals surface area contributed by atoms with Gasteiger partial charge in [-0.3, -0.25) is 0 Å². The highest BCUT2D eigenvalue weighted by atomic mass is 16.5. The van der Waals surface area contributed by atoms with Crippen molar-refractivity contribution in [3.8, 4) is 0 Å². The first-order valence-corrected chi connectivity index (χ1v) is 9.22. The third kappa shape index (κ3) is 9.12. The Bertz CT molecular complexity index is 288. The summed E-state index contributed by atoms with van der Waals surface area (Å²) in [4.78, 5) is 5.27.